The Kier molecular flexibility index (Phi) is 4.53. The number of nitrogens with two attached hydrogens (primary N) is 2. The maximum atomic E-state index is 8.70. The van der Waals surface area contributed by atoms with Gasteiger partial charge in [-0.3, -0.25) is 0 Å². The molecule has 0 fully saturated rings. The summed E-state index contributed by atoms with van der Waals surface area (Å²) in [6, 6.07) is 6.45. The number of hydrogen-bond acceptors (Lipinski definition) is 6. The molecule has 15 heavy (non-hydrogen) atoms. The van der Waals surface area contributed by atoms with Gasteiger partial charge in [-0.1, -0.05) is 0 Å². The zero-order chi connectivity index (χ0) is 11.8. The fourth-order valence-corrected chi connectivity index (χ4v) is 0.749. The average molecular weight is 198 g/mol. The summed E-state index contributed by atoms with van der Waals surface area (Å²) < 4.78 is 0. The van der Waals surface area contributed by atoms with Crippen LogP contribution in [0.15, 0.2) is 22.5 Å². The molecule has 0 aliphatic carbocycles. The number of allylic oxidation sites excluding steroid dienone is 3. The molecule has 0 saturated carbocycles. The molecule has 6 nitrogen and oxygen atoms in total. The van der Waals surface area contributed by atoms with E-state index in [2.05, 4.69) is 0 Å². The van der Waals surface area contributed by atoms with Crippen molar-refractivity contribution in [2.75, 3.05) is 0 Å². The van der Waals surface area contributed by atoms with E-state index in [-0.39, 0.29) is 23.4 Å². The Morgan fingerprint density at radius 3 is 1.80 bits per heavy atom. The van der Waals surface area contributed by atoms with Gasteiger partial charge in [0.25, 0.3) is 0 Å². The standard InChI is InChI=1S/C9H6N6/c10-2-1-8(14)7(5-13)9(15)6(3-11)4-12/h1,14-15H2/b8-7-. The highest BCUT2D eigenvalue weighted by Crippen LogP contribution is 2.12. The average Bonchev–Trinajstić information content (AvgIpc) is 2.21. The van der Waals surface area contributed by atoms with E-state index < -0.39 is 5.57 Å². The van der Waals surface area contributed by atoms with E-state index in [1.165, 1.54) is 12.1 Å². The lowest BCUT2D eigenvalue weighted by Crippen LogP contribution is -2.10. The maximum absolute atomic E-state index is 8.70. The third kappa shape index (κ3) is 2.77. The SMILES string of the molecule is N#CC/C(N)=C(\C#N)C(N)=C(C#N)C#N. The molecular formula is C9H6N6. The summed E-state index contributed by atoms with van der Waals surface area (Å²) in [6.45, 7) is 0. The van der Waals surface area contributed by atoms with Crippen molar-refractivity contribution in [1.82, 2.24) is 0 Å². The predicted molar refractivity (Wildman–Crippen MR) is 49.5 cm³/mol. The minimum absolute atomic E-state index is 0.0551. The summed E-state index contributed by atoms with van der Waals surface area (Å²) in [6.07, 6.45) is -0.187. The first-order valence-corrected chi connectivity index (χ1v) is 3.68. The molecule has 0 heterocycles. The molecule has 0 aliphatic heterocycles. The quantitative estimate of drug-likeness (QED) is 0.467. The summed E-state index contributed by atoms with van der Waals surface area (Å²) in [7, 11) is 0. The van der Waals surface area contributed by atoms with Crippen molar-refractivity contribution in [1.29, 1.82) is 21.0 Å². The lowest BCUT2D eigenvalue weighted by atomic mass is 10.1. The molecule has 0 amide bonds. The van der Waals surface area contributed by atoms with Crippen LogP contribution in [0.2, 0.25) is 0 Å². The van der Waals surface area contributed by atoms with Crippen molar-refractivity contribution in [2.24, 2.45) is 11.5 Å². The molecule has 0 spiro atoms. The predicted octanol–water partition coefficient (Wildman–Crippen LogP) is -0.104. The van der Waals surface area contributed by atoms with Crippen LogP contribution >= 0.6 is 0 Å². The fraction of sp³-hybridized carbons (Fsp3) is 0.111. The molecule has 0 bridgehead atoms. The van der Waals surface area contributed by atoms with Crippen LogP contribution in [0.1, 0.15) is 6.42 Å². The molecule has 0 radical (unpaired) electrons. The molecule has 0 aliphatic rings. The van der Waals surface area contributed by atoms with Gasteiger partial charge in [-0.2, -0.15) is 21.0 Å². The highest BCUT2D eigenvalue weighted by Gasteiger charge is 2.11. The Labute approximate surface area is 86.5 Å². The second kappa shape index (κ2) is 5.65. The van der Waals surface area contributed by atoms with Gasteiger partial charge in [0.1, 0.15) is 18.2 Å². The first-order valence-electron chi connectivity index (χ1n) is 3.68. The third-order valence-electron chi connectivity index (χ3n) is 1.46. The monoisotopic (exact) mass is 198 g/mol. The number of rotatable bonds is 2. The van der Waals surface area contributed by atoms with Gasteiger partial charge >= 0.3 is 0 Å². The van der Waals surface area contributed by atoms with E-state index in [0.717, 1.165) is 0 Å². The van der Waals surface area contributed by atoms with E-state index in [4.69, 9.17) is 32.5 Å². The van der Waals surface area contributed by atoms with Gasteiger partial charge in [-0.05, 0) is 0 Å². The van der Waals surface area contributed by atoms with Crippen molar-refractivity contribution < 1.29 is 0 Å². The molecular weight excluding hydrogens is 192 g/mol. The molecule has 0 rings (SSSR count). The Bertz CT molecular complexity index is 467. The van der Waals surface area contributed by atoms with Crippen LogP contribution < -0.4 is 11.5 Å². The minimum atomic E-state index is -0.396. The van der Waals surface area contributed by atoms with Crippen LogP contribution in [0.3, 0.4) is 0 Å². The van der Waals surface area contributed by atoms with Crippen LogP contribution in [-0.2, 0) is 0 Å². The van der Waals surface area contributed by atoms with Crippen LogP contribution in [-0.4, -0.2) is 0 Å². The van der Waals surface area contributed by atoms with E-state index in [1.54, 1.807) is 12.1 Å². The van der Waals surface area contributed by atoms with Gasteiger partial charge in [0.05, 0.1) is 23.8 Å². The number of hydrogen-bond donors (Lipinski definition) is 2. The molecule has 0 aromatic heterocycles. The van der Waals surface area contributed by atoms with Gasteiger partial charge in [0.2, 0.25) is 0 Å². The van der Waals surface area contributed by atoms with E-state index in [1.807, 2.05) is 0 Å². The zero-order valence-corrected chi connectivity index (χ0v) is 7.65. The first-order chi connectivity index (χ1) is 7.12. The Morgan fingerprint density at radius 1 is 0.933 bits per heavy atom. The molecule has 0 aromatic rings. The van der Waals surface area contributed by atoms with E-state index >= 15 is 0 Å². The maximum Gasteiger partial charge on any atom is 0.153 e. The molecule has 0 aromatic carbocycles. The molecule has 6 heteroatoms. The fourth-order valence-electron chi connectivity index (χ4n) is 0.749. The second-order valence-corrected chi connectivity index (χ2v) is 2.36. The summed E-state index contributed by atoms with van der Waals surface area (Å²) in [5.41, 5.74) is 9.83. The lowest BCUT2D eigenvalue weighted by Gasteiger charge is -2.01. The van der Waals surface area contributed by atoms with Gasteiger partial charge in [-0.25, -0.2) is 0 Å². The van der Waals surface area contributed by atoms with E-state index in [9.17, 15) is 0 Å². The van der Waals surface area contributed by atoms with E-state index in [0.29, 0.717) is 0 Å². The van der Waals surface area contributed by atoms with Gasteiger partial charge in [0, 0.05) is 5.70 Å². The van der Waals surface area contributed by atoms with Crippen molar-refractivity contribution in [3.05, 3.63) is 22.5 Å². The molecule has 0 atom stereocenters. The molecule has 0 unspecified atom stereocenters. The highest BCUT2D eigenvalue weighted by molar-refractivity contribution is 5.53. The normalized spacial score (nSPS) is 9.60. The Balaban J connectivity index is 5.62. The van der Waals surface area contributed by atoms with Crippen molar-refractivity contribution in [3.8, 4) is 24.3 Å². The lowest BCUT2D eigenvalue weighted by molar-refractivity contribution is 1.12. The summed E-state index contributed by atoms with van der Waals surface area (Å²) >= 11 is 0. The smallest absolute Gasteiger partial charge is 0.153 e. The van der Waals surface area contributed by atoms with Gasteiger partial charge in [-0.15, -0.1) is 0 Å². The Hall–Kier alpha value is -2.96. The molecule has 4 N–H and O–H groups in total. The Morgan fingerprint density at radius 2 is 1.47 bits per heavy atom. The van der Waals surface area contributed by atoms with Crippen molar-refractivity contribution in [3.63, 3.8) is 0 Å². The summed E-state index contributed by atoms with van der Waals surface area (Å²) in [5.74, 6) is 0. The summed E-state index contributed by atoms with van der Waals surface area (Å²) in [4.78, 5) is 0. The second-order valence-electron chi connectivity index (χ2n) is 2.36. The van der Waals surface area contributed by atoms with Crippen LogP contribution in [0.25, 0.3) is 0 Å². The van der Waals surface area contributed by atoms with Gasteiger partial charge in [0.15, 0.2) is 5.57 Å². The van der Waals surface area contributed by atoms with Crippen LogP contribution in [0.4, 0.5) is 0 Å². The minimum Gasteiger partial charge on any atom is -0.400 e. The number of nitrogens with zero attached hydrogens (tertiary/aromatic N) is 4. The van der Waals surface area contributed by atoms with Crippen LogP contribution in [0.5, 0.6) is 0 Å². The topological polar surface area (TPSA) is 147 Å². The summed E-state index contributed by atoms with van der Waals surface area (Å²) in [5, 5.41) is 34.1. The zero-order valence-electron chi connectivity index (χ0n) is 7.65. The van der Waals surface area contributed by atoms with Crippen molar-refractivity contribution in [2.45, 2.75) is 6.42 Å². The van der Waals surface area contributed by atoms with Gasteiger partial charge < -0.3 is 11.5 Å². The van der Waals surface area contributed by atoms with Crippen LogP contribution in [0, 0.1) is 45.3 Å². The molecule has 72 valence electrons. The van der Waals surface area contributed by atoms with Crippen molar-refractivity contribution >= 4 is 0 Å². The molecule has 0 saturated heterocycles. The number of nitriles is 4. The third-order valence-corrected chi connectivity index (χ3v) is 1.46. The largest absolute Gasteiger partial charge is 0.400 e. The highest BCUT2D eigenvalue weighted by atomic mass is 14.6. The first kappa shape index (κ1) is 12.0.